The summed E-state index contributed by atoms with van der Waals surface area (Å²) in [5, 5.41) is 0. The van der Waals surface area contributed by atoms with Gasteiger partial charge in [0.05, 0.1) is 0 Å². The van der Waals surface area contributed by atoms with Crippen LogP contribution in [0.15, 0.2) is 72.9 Å². The van der Waals surface area contributed by atoms with Gasteiger partial charge in [-0.2, -0.15) is 0 Å². The lowest BCUT2D eigenvalue weighted by Crippen LogP contribution is -2.30. The predicted octanol–water partition coefficient (Wildman–Crippen LogP) is 23.3. The van der Waals surface area contributed by atoms with Crippen LogP contribution in [0.3, 0.4) is 0 Å². The van der Waals surface area contributed by atoms with Gasteiger partial charge >= 0.3 is 17.9 Å². The standard InChI is InChI=1S/C72H128O6/c1-4-7-10-13-16-19-22-24-26-28-30-31-32-33-34-35-36-37-38-39-40-41-42-44-45-47-50-53-56-59-62-65-71(74)77-68-69(67-76-70(73)64-61-58-55-52-49-21-18-15-12-9-6-3)78-72(75)66-63-60-57-54-51-48-46-43-29-27-25-23-20-17-14-11-8-5-2/h15,18,20,22-24,27-30,32-33,69H,4-14,16-17,19,21,25-26,31,34-68H2,1-3H3/b18-15-,23-20-,24-22-,29-27-,30-28-,33-32-. The molecule has 0 radical (unpaired) electrons. The van der Waals surface area contributed by atoms with Crippen molar-refractivity contribution in [2.45, 2.75) is 354 Å². The van der Waals surface area contributed by atoms with E-state index in [4.69, 9.17) is 14.2 Å². The summed E-state index contributed by atoms with van der Waals surface area (Å²) in [6, 6.07) is 0. The lowest BCUT2D eigenvalue weighted by Gasteiger charge is -2.18. The number of esters is 3. The molecule has 0 aliphatic rings. The summed E-state index contributed by atoms with van der Waals surface area (Å²) in [7, 11) is 0. The van der Waals surface area contributed by atoms with Crippen molar-refractivity contribution in [3.05, 3.63) is 72.9 Å². The van der Waals surface area contributed by atoms with Gasteiger partial charge in [-0.3, -0.25) is 14.4 Å². The summed E-state index contributed by atoms with van der Waals surface area (Å²) in [6.07, 6.45) is 86.4. The molecule has 0 rings (SSSR count). The second-order valence-electron chi connectivity index (χ2n) is 22.7. The zero-order valence-electron chi connectivity index (χ0n) is 51.9. The maximum Gasteiger partial charge on any atom is 0.306 e. The van der Waals surface area contributed by atoms with Crippen LogP contribution in [0.5, 0.6) is 0 Å². The molecule has 0 fully saturated rings. The van der Waals surface area contributed by atoms with Crippen LogP contribution in [0, 0.1) is 0 Å². The van der Waals surface area contributed by atoms with Crippen LogP contribution in [0.1, 0.15) is 348 Å². The number of rotatable bonds is 62. The molecular formula is C72H128O6. The summed E-state index contributed by atoms with van der Waals surface area (Å²) in [5.74, 6) is -0.882. The first-order chi connectivity index (χ1) is 38.5. The highest BCUT2D eigenvalue weighted by Gasteiger charge is 2.19. The molecule has 0 aliphatic carbocycles. The molecular weight excluding hydrogens is 961 g/mol. The van der Waals surface area contributed by atoms with E-state index in [1.165, 1.54) is 218 Å². The fourth-order valence-electron chi connectivity index (χ4n) is 9.76. The van der Waals surface area contributed by atoms with Crippen molar-refractivity contribution in [1.29, 1.82) is 0 Å². The molecule has 0 aliphatic heterocycles. The van der Waals surface area contributed by atoms with Gasteiger partial charge in [0.25, 0.3) is 0 Å². The quantitative estimate of drug-likeness (QED) is 0.0261. The number of ether oxygens (including phenoxy) is 3. The fraction of sp³-hybridized carbons (Fsp3) is 0.792. The monoisotopic (exact) mass is 1090 g/mol. The average Bonchev–Trinajstić information content (AvgIpc) is 3.44. The molecule has 78 heavy (non-hydrogen) atoms. The first-order valence-electron chi connectivity index (χ1n) is 33.9. The Morgan fingerprint density at radius 3 is 0.782 bits per heavy atom. The molecule has 0 aromatic heterocycles. The molecule has 1 unspecified atom stereocenters. The van der Waals surface area contributed by atoms with Crippen molar-refractivity contribution in [2.24, 2.45) is 0 Å². The maximum absolute atomic E-state index is 12.9. The van der Waals surface area contributed by atoms with Gasteiger partial charge in [-0.25, -0.2) is 0 Å². The lowest BCUT2D eigenvalue weighted by atomic mass is 10.0. The number of carbonyl (C=O) groups is 3. The van der Waals surface area contributed by atoms with Crippen LogP contribution >= 0.6 is 0 Å². The van der Waals surface area contributed by atoms with Gasteiger partial charge in [0.1, 0.15) is 13.2 Å². The predicted molar refractivity (Wildman–Crippen MR) is 339 cm³/mol. The first-order valence-corrected chi connectivity index (χ1v) is 33.9. The number of allylic oxidation sites excluding steroid dienone is 12. The molecule has 0 aromatic rings. The van der Waals surface area contributed by atoms with Gasteiger partial charge in [0.15, 0.2) is 6.10 Å². The Hall–Kier alpha value is -3.15. The van der Waals surface area contributed by atoms with E-state index in [-0.39, 0.29) is 31.1 Å². The van der Waals surface area contributed by atoms with Crippen molar-refractivity contribution in [1.82, 2.24) is 0 Å². The number of carbonyl (C=O) groups excluding carboxylic acids is 3. The summed E-state index contributed by atoms with van der Waals surface area (Å²) in [5.41, 5.74) is 0. The van der Waals surface area contributed by atoms with E-state index in [0.29, 0.717) is 19.3 Å². The molecule has 0 N–H and O–H groups in total. The third kappa shape index (κ3) is 63.7. The minimum absolute atomic E-state index is 0.0788. The smallest absolute Gasteiger partial charge is 0.306 e. The Balaban J connectivity index is 4.17. The van der Waals surface area contributed by atoms with Crippen LogP contribution in [-0.4, -0.2) is 37.2 Å². The topological polar surface area (TPSA) is 78.9 Å². The van der Waals surface area contributed by atoms with E-state index in [0.717, 1.165) is 89.9 Å². The Morgan fingerprint density at radius 2 is 0.474 bits per heavy atom. The molecule has 0 saturated carbocycles. The minimum Gasteiger partial charge on any atom is -0.462 e. The summed E-state index contributed by atoms with van der Waals surface area (Å²) >= 11 is 0. The number of hydrogen-bond acceptors (Lipinski definition) is 6. The molecule has 0 saturated heterocycles. The van der Waals surface area contributed by atoms with E-state index in [1.54, 1.807) is 0 Å². The Bertz CT molecular complexity index is 1440. The van der Waals surface area contributed by atoms with Gasteiger partial charge in [-0.05, 0) is 109 Å². The van der Waals surface area contributed by atoms with Crippen LogP contribution in [0.2, 0.25) is 0 Å². The molecule has 6 nitrogen and oxygen atoms in total. The largest absolute Gasteiger partial charge is 0.462 e. The molecule has 0 amide bonds. The lowest BCUT2D eigenvalue weighted by molar-refractivity contribution is -0.167. The van der Waals surface area contributed by atoms with Gasteiger partial charge in [0, 0.05) is 19.3 Å². The second-order valence-corrected chi connectivity index (χ2v) is 22.7. The summed E-state index contributed by atoms with van der Waals surface area (Å²) < 4.78 is 16.9. The van der Waals surface area contributed by atoms with Crippen LogP contribution in [0.25, 0.3) is 0 Å². The third-order valence-electron chi connectivity index (χ3n) is 14.9. The average molecular weight is 1090 g/mol. The molecule has 0 spiro atoms. The molecule has 452 valence electrons. The maximum atomic E-state index is 12.9. The zero-order chi connectivity index (χ0) is 56.4. The molecule has 0 bridgehead atoms. The number of hydrogen-bond donors (Lipinski definition) is 0. The highest BCUT2D eigenvalue weighted by molar-refractivity contribution is 5.71. The SMILES string of the molecule is CCCC/C=C\CCCCCCCC(=O)OCC(COC(=O)CCCCCCCCCCCCCCCCCC/C=C\C/C=C\C/C=C\CCCCCCC)OC(=O)CCCCCCCCC/C=C\C/C=C\CCCCCC. The van der Waals surface area contributed by atoms with Crippen molar-refractivity contribution < 1.29 is 28.6 Å². The summed E-state index contributed by atoms with van der Waals surface area (Å²) in [6.45, 7) is 6.60. The fourth-order valence-corrected chi connectivity index (χ4v) is 9.76. The molecule has 6 heteroatoms. The number of unbranched alkanes of at least 4 members (excludes halogenated alkanes) is 39. The van der Waals surface area contributed by atoms with Gasteiger partial charge in [-0.15, -0.1) is 0 Å². The zero-order valence-corrected chi connectivity index (χ0v) is 51.9. The molecule has 0 aromatic carbocycles. The Labute approximate surface area is 484 Å². The van der Waals surface area contributed by atoms with E-state index < -0.39 is 6.10 Å². The van der Waals surface area contributed by atoms with Crippen molar-refractivity contribution in [3.8, 4) is 0 Å². The summed E-state index contributed by atoms with van der Waals surface area (Å²) in [4.78, 5) is 38.3. The molecule has 1 atom stereocenters. The van der Waals surface area contributed by atoms with Gasteiger partial charge < -0.3 is 14.2 Å². The van der Waals surface area contributed by atoms with Gasteiger partial charge in [-0.1, -0.05) is 293 Å². The normalized spacial score (nSPS) is 12.5. The highest BCUT2D eigenvalue weighted by atomic mass is 16.6. The van der Waals surface area contributed by atoms with Crippen molar-refractivity contribution in [2.75, 3.05) is 13.2 Å². The second kappa shape index (κ2) is 66.4. The Morgan fingerprint density at radius 1 is 0.256 bits per heavy atom. The van der Waals surface area contributed by atoms with Crippen LogP contribution in [-0.2, 0) is 28.6 Å². The minimum atomic E-state index is -0.782. The van der Waals surface area contributed by atoms with Gasteiger partial charge in [0.2, 0.25) is 0 Å². The van der Waals surface area contributed by atoms with Crippen LogP contribution < -0.4 is 0 Å². The molecule has 0 heterocycles. The van der Waals surface area contributed by atoms with E-state index >= 15 is 0 Å². The van der Waals surface area contributed by atoms with E-state index in [2.05, 4.69) is 93.7 Å². The highest BCUT2D eigenvalue weighted by Crippen LogP contribution is 2.17. The van der Waals surface area contributed by atoms with Crippen LogP contribution in [0.4, 0.5) is 0 Å². The van der Waals surface area contributed by atoms with E-state index in [9.17, 15) is 14.4 Å². The van der Waals surface area contributed by atoms with Crippen molar-refractivity contribution >= 4 is 17.9 Å². The third-order valence-corrected chi connectivity index (χ3v) is 14.9. The van der Waals surface area contributed by atoms with E-state index in [1.807, 2.05) is 0 Å². The first kappa shape index (κ1) is 74.8. The van der Waals surface area contributed by atoms with Crippen molar-refractivity contribution in [3.63, 3.8) is 0 Å². The Kier molecular flexibility index (Phi) is 63.7.